The maximum absolute atomic E-state index is 10.6. The second-order valence-electron chi connectivity index (χ2n) is 5.34. The molecule has 0 saturated carbocycles. The first-order valence-corrected chi connectivity index (χ1v) is 7.84. The average Bonchev–Trinajstić information content (AvgIpc) is 2.85. The lowest BCUT2D eigenvalue weighted by Gasteiger charge is -2.14. The van der Waals surface area contributed by atoms with Crippen LogP contribution in [-0.2, 0) is 0 Å². The Morgan fingerprint density at radius 3 is 2.71 bits per heavy atom. The predicted octanol–water partition coefficient (Wildman–Crippen LogP) is 2.90. The van der Waals surface area contributed by atoms with Crippen LogP contribution in [0.4, 0.5) is 0 Å². The molecule has 3 rings (SSSR count). The number of aliphatic hydroxyl groups excluding tert-OH is 1. The second kappa shape index (κ2) is 5.99. The first-order chi connectivity index (χ1) is 10.2. The van der Waals surface area contributed by atoms with Gasteiger partial charge in [0.1, 0.15) is 6.10 Å². The van der Waals surface area contributed by atoms with E-state index in [0.29, 0.717) is 19.0 Å². The number of rotatable bonds is 3. The van der Waals surface area contributed by atoms with Gasteiger partial charge in [-0.05, 0) is 35.1 Å². The highest BCUT2D eigenvalue weighted by Gasteiger charge is 2.22. The third-order valence-corrected chi connectivity index (χ3v) is 4.22. The van der Waals surface area contributed by atoms with Crippen molar-refractivity contribution in [3.63, 3.8) is 0 Å². The van der Waals surface area contributed by atoms with Crippen LogP contribution in [0.25, 0.3) is 0 Å². The van der Waals surface area contributed by atoms with Crippen LogP contribution in [0.2, 0.25) is 0 Å². The van der Waals surface area contributed by atoms with E-state index in [1.165, 1.54) is 11.5 Å². The summed E-state index contributed by atoms with van der Waals surface area (Å²) in [5.41, 5.74) is 1.62. The van der Waals surface area contributed by atoms with Crippen molar-refractivity contribution in [1.82, 2.24) is 9.59 Å². The maximum Gasteiger partial charge on any atom is 0.161 e. The number of hydrogen-bond donors (Lipinski definition) is 1. The molecule has 1 aromatic carbocycles. The number of aromatic nitrogens is 2. The molecule has 0 spiro atoms. The van der Waals surface area contributed by atoms with Crippen LogP contribution in [-0.4, -0.2) is 27.9 Å². The minimum Gasteiger partial charge on any atom is -0.490 e. The summed E-state index contributed by atoms with van der Waals surface area (Å²) < 4.78 is 15.2. The van der Waals surface area contributed by atoms with Crippen molar-refractivity contribution < 1.29 is 14.6 Å². The third-order valence-electron chi connectivity index (χ3n) is 3.42. The van der Waals surface area contributed by atoms with E-state index in [4.69, 9.17) is 9.47 Å². The van der Waals surface area contributed by atoms with Crippen molar-refractivity contribution in [3.05, 3.63) is 34.3 Å². The molecule has 0 amide bonds. The fourth-order valence-corrected chi connectivity index (χ4v) is 3.12. The van der Waals surface area contributed by atoms with E-state index in [2.05, 4.69) is 9.59 Å². The molecule has 1 aliphatic rings. The summed E-state index contributed by atoms with van der Waals surface area (Å²) in [6, 6.07) is 5.56. The average molecular weight is 306 g/mol. The summed E-state index contributed by atoms with van der Waals surface area (Å²) in [6.07, 6.45) is 0.127. The van der Waals surface area contributed by atoms with Crippen molar-refractivity contribution in [2.24, 2.45) is 0 Å². The fraction of sp³-hybridized carbons (Fsp3) is 0.467. The van der Waals surface area contributed by atoms with E-state index in [1.54, 1.807) is 0 Å². The van der Waals surface area contributed by atoms with Gasteiger partial charge in [0.25, 0.3) is 0 Å². The number of nitrogens with zero attached hydrogens (tertiary/aromatic N) is 2. The quantitative estimate of drug-likeness (QED) is 0.944. The van der Waals surface area contributed by atoms with Gasteiger partial charge in [0.05, 0.1) is 23.8 Å². The molecule has 1 N–H and O–H groups in total. The van der Waals surface area contributed by atoms with Crippen molar-refractivity contribution in [1.29, 1.82) is 0 Å². The highest BCUT2D eigenvalue weighted by atomic mass is 32.1. The molecular weight excluding hydrogens is 288 g/mol. The summed E-state index contributed by atoms with van der Waals surface area (Å²) in [6.45, 7) is 5.37. The van der Waals surface area contributed by atoms with Crippen molar-refractivity contribution in [2.75, 3.05) is 13.2 Å². The molecule has 2 aromatic rings. The van der Waals surface area contributed by atoms with Gasteiger partial charge in [-0.1, -0.05) is 24.4 Å². The molecule has 1 aliphatic heterocycles. The zero-order chi connectivity index (χ0) is 14.8. The fourth-order valence-electron chi connectivity index (χ4n) is 2.30. The topological polar surface area (TPSA) is 64.5 Å². The van der Waals surface area contributed by atoms with Gasteiger partial charge in [0, 0.05) is 6.42 Å². The van der Waals surface area contributed by atoms with E-state index in [1.807, 2.05) is 32.0 Å². The standard InChI is InChI=1S/C15H18N2O3S/c1-9(2)13-15(21-17-16-13)14(18)10-4-5-11-12(8-10)20-7-3-6-19-11/h4-5,8-9,14,18H,3,6-7H2,1-2H3. The molecule has 0 saturated heterocycles. The maximum atomic E-state index is 10.6. The molecule has 0 radical (unpaired) electrons. The summed E-state index contributed by atoms with van der Waals surface area (Å²) >= 11 is 1.24. The number of ether oxygens (including phenoxy) is 2. The Labute approximate surface area is 127 Å². The first kappa shape index (κ1) is 14.3. The van der Waals surface area contributed by atoms with Gasteiger partial charge >= 0.3 is 0 Å². The second-order valence-corrected chi connectivity index (χ2v) is 6.12. The van der Waals surface area contributed by atoms with E-state index in [9.17, 15) is 5.11 Å². The van der Waals surface area contributed by atoms with Crippen LogP contribution in [0.3, 0.4) is 0 Å². The molecule has 5 nitrogen and oxygen atoms in total. The van der Waals surface area contributed by atoms with Crippen molar-refractivity contribution in [2.45, 2.75) is 32.3 Å². The summed E-state index contributed by atoms with van der Waals surface area (Å²) in [7, 11) is 0. The summed E-state index contributed by atoms with van der Waals surface area (Å²) in [5, 5.41) is 14.7. The normalized spacial score (nSPS) is 15.8. The minimum absolute atomic E-state index is 0.230. The van der Waals surface area contributed by atoms with Crippen LogP contribution in [0.15, 0.2) is 18.2 Å². The molecule has 0 aliphatic carbocycles. The molecule has 1 aromatic heterocycles. The third kappa shape index (κ3) is 2.87. The lowest BCUT2D eigenvalue weighted by atomic mass is 10.0. The minimum atomic E-state index is -0.737. The monoisotopic (exact) mass is 306 g/mol. The molecule has 2 heterocycles. The van der Waals surface area contributed by atoms with Gasteiger partial charge in [-0.3, -0.25) is 0 Å². The Bertz CT molecular complexity index is 627. The Balaban J connectivity index is 1.93. The number of fused-ring (bicyclic) bond motifs is 1. The number of hydrogen-bond acceptors (Lipinski definition) is 6. The van der Waals surface area contributed by atoms with Crippen LogP contribution < -0.4 is 9.47 Å². The van der Waals surface area contributed by atoms with Gasteiger partial charge in [-0.2, -0.15) is 0 Å². The van der Waals surface area contributed by atoms with Crippen LogP contribution >= 0.6 is 11.5 Å². The zero-order valence-corrected chi connectivity index (χ0v) is 12.9. The Kier molecular flexibility index (Phi) is 4.07. The van der Waals surface area contributed by atoms with Gasteiger partial charge in [0.15, 0.2) is 11.5 Å². The largest absolute Gasteiger partial charge is 0.490 e. The molecule has 0 bridgehead atoms. The van der Waals surface area contributed by atoms with Gasteiger partial charge in [-0.25, -0.2) is 0 Å². The Hall–Kier alpha value is -1.66. The highest BCUT2D eigenvalue weighted by Crippen LogP contribution is 2.36. The Morgan fingerprint density at radius 2 is 1.95 bits per heavy atom. The first-order valence-electron chi connectivity index (χ1n) is 7.06. The van der Waals surface area contributed by atoms with E-state index in [-0.39, 0.29) is 5.92 Å². The zero-order valence-electron chi connectivity index (χ0n) is 12.1. The molecular formula is C15H18N2O3S. The van der Waals surface area contributed by atoms with Gasteiger partial charge in [-0.15, -0.1) is 5.10 Å². The predicted molar refractivity (Wildman–Crippen MR) is 80.1 cm³/mol. The van der Waals surface area contributed by atoms with Crippen LogP contribution in [0.5, 0.6) is 11.5 Å². The van der Waals surface area contributed by atoms with E-state index in [0.717, 1.165) is 28.3 Å². The molecule has 0 fully saturated rings. The van der Waals surface area contributed by atoms with Crippen LogP contribution in [0.1, 0.15) is 48.4 Å². The van der Waals surface area contributed by atoms with Crippen molar-refractivity contribution in [3.8, 4) is 11.5 Å². The van der Waals surface area contributed by atoms with E-state index >= 15 is 0 Å². The summed E-state index contributed by atoms with van der Waals surface area (Å²) in [4.78, 5) is 0.791. The van der Waals surface area contributed by atoms with Crippen molar-refractivity contribution >= 4 is 11.5 Å². The SMILES string of the molecule is CC(C)c1nnsc1C(O)c1ccc2c(c1)OCCCO2. The molecule has 21 heavy (non-hydrogen) atoms. The van der Waals surface area contributed by atoms with Crippen LogP contribution in [0, 0.1) is 0 Å². The number of aliphatic hydroxyl groups is 1. The number of benzene rings is 1. The smallest absolute Gasteiger partial charge is 0.161 e. The Morgan fingerprint density at radius 1 is 1.19 bits per heavy atom. The summed E-state index contributed by atoms with van der Waals surface area (Å²) in [5.74, 6) is 1.65. The molecule has 112 valence electrons. The van der Waals surface area contributed by atoms with Gasteiger partial charge < -0.3 is 14.6 Å². The molecule has 6 heteroatoms. The molecule has 1 unspecified atom stereocenters. The molecule has 1 atom stereocenters. The van der Waals surface area contributed by atoms with E-state index < -0.39 is 6.10 Å². The lowest BCUT2D eigenvalue weighted by Crippen LogP contribution is -2.03. The lowest BCUT2D eigenvalue weighted by molar-refractivity contribution is 0.221. The van der Waals surface area contributed by atoms with Gasteiger partial charge in [0.2, 0.25) is 0 Å². The highest BCUT2D eigenvalue weighted by molar-refractivity contribution is 7.05.